The van der Waals surface area contributed by atoms with E-state index >= 15 is 0 Å². The van der Waals surface area contributed by atoms with Crippen LogP contribution in [-0.2, 0) is 6.54 Å². The van der Waals surface area contributed by atoms with Gasteiger partial charge in [0.1, 0.15) is 5.75 Å². The molecule has 0 bridgehead atoms. The molecule has 0 aliphatic carbocycles. The highest BCUT2D eigenvalue weighted by Gasteiger charge is 2.08. The molecule has 0 spiro atoms. The molecule has 1 aromatic rings. The largest absolute Gasteiger partial charge is 0.496 e. The number of hydrogen-bond donors (Lipinski definition) is 2. The standard InChI is InChI=1S/C16H27NO2/c1-4-5-14(8-9-18)11-17-12-15-10-13(2)6-7-16(15)19-3/h6-7,10,14,17-18H,4-5,8-9,11-12H2,1-3H3. The predicted octanol–water partition coefficient (Wildman–Crippen LogP) is 2.89. The SMILES string of the molecule is CCCC(CCO)CNCc1cc(C)ccc1OC. The first-order valence-electron chi connectivity index (χ1n) is 7.16. The summed E-state index contributed by atoms with van der Waals surface area (Å²) >= 11 is 0. The summed E-state index contributed by atoms with van der Waals surface area (Å²) in [5, 5.41) is 12.5. The van der Waals surface area contributed by atoms with Crippen LogP contribution in [0.15, 0.2) is 18.2 Å². The average molecular weight is 265 g/mol. The van der Waals surface area contributed by atoms with Crippen molar-refractivity contribution in [2.75, 3.05) is 20.3 Å². The van der Waals surface area contributed by atoms with Crippen molar-refractivity contribution in [2.24, 2.45) is 5.92 Å². The molecule has 2 N–H and O–H groups in total. The van der Waals surface area contributed by atoms with Gasteiger partial charge in [0.05, 0.1) is 7.11 Å². The molecule has 0 heterocycles. The van der Waals surface area contributed by atoms with Crippen molar-refractivity contribution in [1.82, 2.24) is 5.32 Å². The van der Waals surface area contributed by atoms with Gasteiger partial charge in [0.2, 0.25) is 0 Å². The quantitative estimate of drug-likeness (QED) is 0.721. The van der Waals surface area contributed by atoms with Gasteiger partial charge in [-0.05, 0) is 38.3 Å². The first-order valence-corrected chi connectivity index (χ1v) is 7.16. The molecule has 1 atom stereocenters. The molecule has 0 aliphatic rings. The molecule has 0 aliphatic heterocycles. The first kappa shape index (κ1) is 16.0. The summed E-state index contributed by atoms with van der Waals surface area (Å²) in [5.74, 6) is 1.50. The van der Waals surface area contributed by atoms with E-state index in [1.807, 2.05) is 6.07 Å². The van der Waals surface area contributed by atoms with Crippen LogP contribution >= 0.6 is 0 Å². The molecule has 3 nitrogen and oxygen atoms in total. The van der Waals surface area contributed by atoms with Crippen LogP contribution in [0.4, 0.5) is 0 Å². The lowest BCUT2D eigenvalue weighted by Gasteiger charge is -2.16. The summed E-state index contributed by atoms with van der Waals surface area (Å²) in [5.41, 5.74) is 2.44. The lowest BCUT2D eigenvalue weighted by molar-refractivity contribution is 0.248. The number of aliphatic hydroxyl groups is 1. The van der Waals surface area contributed by atoms with Crippen LogP contribution in [0, 0.1) is 12.8 Å². The van der Waals surface area contributed by atoms with Gasteiger partial charge in [0.15, 0.2) is 0 Å². The van der Waals surface area contributed by atoms with Gasteiger partial charge in [-0.3, -0.25) is 0 Å². The van der Waals surface area contributed by atoms with E-state index in [9.17, 15) is 0 Å². The predicted molar refractivity (Wildman–Crippen MR) is 79.5 cm³/mol. The summed E-state index contributed by atoms with van der Waals surface area (Å²) in [4.78, 5) is 0. The van der Waals surface area contributed by atoms with Crippen molar-refractivity contribution < 1.29 is 9.84 Å². The van der Waals surface area contributed by atoms with E-state index in [0.717, 1.165) is 25.3 Å². The van der Waals surface area contributed by atoms with Gasteiger partial charge in [-0.2, -0.15) is 0 Å². The van der Waals surface area contributed by atoms with Crippen LogP contribution < -0.4 is 10.1 Å². The Morgan fingerprint density at radius 2 is 2.11 bits per heavy atom. The van der Waals surface area contributed by atoms with Crippen LogP contribution in [0.5, 0.6) is 5.75 Å². The molecule has 3 heteroatoms. The van der Waals surface area contributed by atoms with Gasteiger partial charge >= 0.3 is 0 Å². The highest BCUT2D eigenvalue weighted by atomic mass is 16.5. The van der Waals surface area contributed by atoms with Gasteiger partial charge in [0.25, 0.3) is 0 Å². The second kappa shape index (κ2) is 8.94. The Balaban J connectivity index is 2.49. The number of hydrogen-bond acceptors (Lipinski definition) is 3. The molecule has 1 rings (SSSR count). The summed E-state index contributed by atoms with van der Waals surface area (Å²) in [7, 11) is 1.71. The zero-order valence-corrected chi connectivity index (χ0v) is 12.4. The lowest BCUT2D eigenvalue weighted by atomic mass is 10.00. The molecule has 108 valence electrons. The number of benzene rings is 1. The first-order chi connectivity index (χ1) is 9.21. The molecule has 1 unspecified atom stereocenters. The van der Waals surface area contributed by atoms with Crippen LogP contribution in [-0.4, -0.2) is 25.4 Å². The minimum atomic E-state index is 0.278. The third kappa shape index (κ3) is 5.62. The molecule has 0 amide bonds. The monoisotopic (exact) mass is 265 g/mol. The van der Waals surface area contributed by atoms with Crippen molar-refractivity contribution in [3.63, 3.8) is 0 Å². The number of methoxy groups -OCH3 is 1. The Hall–Kier alpha value is -1.06. The third-order valence-corrected chi connectivity index (χ3v) is 3.42. The van der Waals surface area contributed by atoms with Gasteiger partial charge in [-0.25, -0.2) is 0 Å². The molecular weight excluding hydrogens is 238 g/mol. The number of ether oxygens (including phenoxy) is 1. The van der Waals surface area contributed by atoms with Crippen molar-refractivity contribution in [2.45, 2.75) is 39.7 Å². The Labute approximate surface area is 117 Å². The van der Waals surface area contributed by atoms with Crippen molar-refractivity contribution >= 4 is 0 Å². The lowest BCUT2D eigenvalue weighted by Crippen LogP contribution is -2.23. The Morgan fingerprint density at radius 1 is 1.32 bits per heavy atom. The molecule has 0 aromatic heterocycles. The number of aliphatic hydroxyl groups excluding tert-OH is 1. The van der Waals surface area contributed by atoms with E-state index in [-0.39, 0.29) is 6.61 Å². The van der Waals surface area contributed by atoms with E-state index in [2.05, 4.69) is 31.3 Å². The Bertz CT molecular complexity index is 360. The normalized spacial score (nSPS) is 12.4. The van der Waals surface area contributed by atoms with Crippen LogP contribution in [0.1, 0.15) is 37.3 Å². The fourth-order valence-electron chi connectivity index (χ4n) is 2.40. The zero-order chi connectivity index (χ0) is 14.1. The van der Waals surface area contributed by atoms with Gasteiger partial charge in [-0.15, -0.1) is 0 Å². The molecular formula is C16H27NO2. The van der Waals surface area contributed by atoms with Crippen molar-refractivity contribution in [3.8, 4) is 5.75 Å². The second-order valence-electron chi connectivity index (χ2n) is 5.11. The fraction of sp³-hybridized carbons (Fsp3) is 0.625. The van der Waals surface area contributed by atoms with E-state index in [1.54, 1.807) is 7.11 Å². The molecule has 0 saturated heterocycles. The maximum absolute atomic E-state index is 9.05. The van der Waals surface area contributed by atoms with Crippen molar-refractivity contribution in [1.29, 1.82) is 0 Å². The summed E-state index contributed by atoms with van der Waals surface area (Å²) in [6.45, 7) is 6.32. The smallest absolute Gasteiger partial charge is 0.123 e. The van der Waals surface area contributed by atoms with Gasteiger partial charge in [0, 0.05) is 18.7 Å². The summed E-state index contributed by atoms with van der Waals surface area (Å²) in [6.07, 6.45) is 3.21. The third-order valence-electron chi connectivity index (χ3n) is 3.42. The summed E-state index contributed by atoms with van der Waals surface area (Å²) in [6, 6.07) is 6.24. The molecule has 1 aromatic carbocycles. The number of rotatable bonds is 9. The maximum Gasteiger partial charge on any atom is 0.123 e. The molecule has 0 saturated carbocycles. The Kier molecular flexibility index (Phi) is 7.53. The van der Waals surface area contributed by atoms with Gasteiger partial charge in [-0.1, -0.05) is 31.0 Å². The minimum absolute atomic E-state index is 0.278. The second-order valence-corrected chi connectivity index (χ2v) is 5.11. The van der Waals surface area contributed by atoms with Gasteiger partial charge < -0.3 is 15.2 Å². The van der Waals surface area contributed by atoms with E-state index < -0.39 is 0 Å². The zero-order valence-electron chi connectivity index (χ0n) is 12.4. The minimum Gasteiger partial charge on any atom is -0.496 e. The molecule has 0 radical (unpaired) electrons. The van der Waals surface area contributed by atoms with E-state index in [0.29, 0.717) is 5.92 Å². The molecule has 19 heavy (non-hydrogen) atoms. The highest BCUT2D eigenvalue weighted by Crippen LogP contribution is 2.19. The number of nitrogens with one attached hydrogen (secondary N) is 1. The summed E-state index contributed by atoms with van der Waals surface area (Å²) < 4.78 is 5.37. The maximum atomic E-state index is 9.05. The highest BCUT2D eigenvalue weighted by molar-refractivity contribution is 5.36. The Morgan fingerprint density at radius 3 is 2.74 bits per heavy atom. The van der Waals surface area contributed by atoms with E-state index in [1.165, 1.54) is 24.0 Å². The number of aryl methyl sites for hydroxylation is 1. The van der Waals surface area contributed by atoms with Crippen LogP contribution in [0.25, 0.3) is 0 Å². The van der Waals surface area contributed by atoms with E-state index in [4.69, 9.17) is 9.84 Å². The molecule has 0 fully saturated rings. The van der Waals surface area contributed by atoms with Crippen molar-refractivity contribution in [3.05, 3.63) is 29.3 Å². The van der Waals surface area contributed by atoms with Crippen LogP contribution in [0.2, 0.25) is 0 Å². The topological polar surface area (TPSA) is 41.5 Å². The fourth-order valence-corrected chi connectivity index (χ4v) is 2.40. The van der Waals surface area contributed by atoms with Crippen LogP contribution in [0.3, 0.4) is 0 Å². The average Bonchev–Trinajstić information content (AvgIpc) is 2.39.